The van der Waals surface area contributed by atoms with Gasteiger partial charge in [-0.15, -0.1) is 0 Å². The van der Waals surface area contributed by atoms with Gasteiger partial charge in [-0.05, 0) is 23.8 Å². The Labute approximate surface area is 142 Å². The maximum atomic E-state index is 12.4. The molecule has 0 aliphatic rings. The first-order valence-electron chi connectivity index (χ1n) is 7.41. The fraction of sp³-hybridized carbons (Fsp3) is 0.375. The first-order chi connectivity index (χ1) is 11.8. The molecule has 6 nitrogen and oxygen atoms in total. The monoisotopic (exact) mass is 357 g/mol. The Morgan fingerprint density at radius 1 is 1.20 bits per heavy atom. The summed E-state index contributed by atoms with van der Waals surface area (Å²) in [6, 6.07) is 6.03. The van der Waals surface area contributed by atoms with Crippen molar-refractivity contribution >= 4 is 5.91 Å². The lowest BCUT2D eigenvalue weighted by atomic mass is 10.1. The molecule has 0 radical (unpaired) electrons. The fourth-order valence-corrected chi connectivity index (χ4v) is 2.19. The zero-order chi connectivity index (χ0) is 18.4. The molecule has 0 atom stereocenters. The molecule has 0 saturated heterocycles. The van der Waals surface area contributed by atoms with Gasteiger partial charge in [0.25, 0.3) is 0 Å². The number of ether oxygens (including phenoxy) is 2. The second kappa shape index (κ2) is 7.91. The van der Waals surface area contributed by atoms with Gasteiger partial charge in [-0.2, -0.15) is 18.3 Å². The van der Waals surface area contributed by atoms with Crippen molar-refractivity contribution in [2.45, 2.75) is 19.1 Å². The molecule has 1 heterocycles. The molecule has 0 saturated carbocycles. The number of rotatable bonds is 7. The minimum atomic E-state index is -4.47. The van der Waals surface area contributed by atoms with E-state index in [4.69, 9.17) is 9.47 Å². The molecule has 1 aromatic heterocycles. The van der Waals surface area contributed by atoms with Crippen LogP contribution in [0.3, 0.4) is 0 Å². The Morgan fingerprint density at radius 2 is 1.92 bits per heavy atom. The van der Waals surface area contributed by atoms with E-state index in [1.165, 1.54) is 20.4 Å². The van der Waals surface area contributed by atoms with E-state index >= 15 is 0 Å². The molecule has 0 bridgehead atoms. The molecule has 2 rings (SSSR count). The quantitative estimate of drug-likeness (QED) is 0.826. The molecule has 0 unspecified atom stereocenters. The van der Waals surface area contributed by atoms with Crippen molar-refractivity contribution in [1.82, 2.24) is 15.1 Å². The van der Waals surface area contributed by atoms with Crippen LogP contribution in [0.4, 0.5) is 13.2 Å². The van der Waals surface area contributed by atoms with Crippen molar-refractivity contribution in [2.24, 2.45) is 0 Å². The van der Waals surface area contributed by atoms with E-state index in [-0.39, 0.29) is 25.4 Å². The average molecular weight is 357 g/mol. The molecule has 0 aliphatic heterocycles. The molecule has 2 aromatic rings. The van der Waals surface area contributed by atoms with Crippen LogP contribution in [0.2, 0.25) is 0 Å². The SMILES string of the molecule is COc1ccc(CC(=O)NCCn2ccc(C(F)(F)F)n2)cc1OC. The van der Waals surface area contributed by atoms with Gasteiger partial charge in [0.05, 0.1) is 27.2 Å². The number of nitrogens with one attached hydrogen (secondary N) is 1. The summed E-state index contributed by atoms with van der Waals surface area (Å²) in [5, 5.41) is 6.05. The Morgan fingerprint density at radius 3 is 2.52 bits per heavy atom. The standard InChI is InChI=1S/C16H18F3N3O3/c1-24-12-4-3-11(9-13(12)25-2)10-15(23)20-6-8-22-7-5-14(21-22)16(17,18)19/h3-5,7,9H,6,8,10H2,1-2H3,(H,20,23). The third kappa shape index (κ3) is 5.13. The molecule has 136 valence electrons. The summed E-state index contributed by atoms with van der Waals surface area (Å²) in [6.07, 6.45) is -3.13. The molecule has 0 aliphatic carbocycles. The van der Waals surface area contributed by atoms with Crippen molar-refractivity contribution in [3.63, 3.8) is 0 Å². The highest BCUT2D eigenvalue weighted by Crippen LogP contribution is 2.28. The van der Waals surface area contributed by atoms with Crippen LogP contribution < -0.4 is 14.8 Å². The zero-order valence-corrected chi connectivity index (χ0v) is 13.8. The highest BCUT2D eigenvalue weighted by molar-refractivity contribution is 5.78. The first-order valence-corrected chi connectivity index (χ1v) is 7.41. The van der Waals surface area contributed by atoms with Crippen LogP contribution in [0.5, 0.6) is 11.5 Å². The number of alkyl halides is 3. The summed E-state index contributed by atoms with van der Waals surface area (Å²) in [7, 11) is 3.02. The van der Waals surface area contributed by atoms with Crippen LogP contribution in [0.15, 0.2) is 30.5 Å². The normalized spacial score (nSPS) is 11.2. The van der Waals surface area contributed by atoms with E-state index in [1.807, 2.05) is 0 Å². The lowest BCUT2D eigenvalue weighted by molar-refractivity contribution is -0.141. The first kappa shape index (κ1) is 18.6. The van der Waals surface area contributed by atoms with Crippen molar-refractivity contribution in [1.29, 1.82) is 0 Å². The molecule has 1 N–H and O–H groups in total. The molecule has 9 heteroatoms. The van der Waals surface area contributed by atoms with E-state index in [0.29, 0.717) is 11.5 Å². The van der Waals surface area contributed by atoms with Gasteiger partial charge >= 0.3 is 6.18 Å². The van der Waals surface area contributed by atoms with Crippen molar-refractivity contribution in [3.05, 3.63) is 41.7 Å². The van der Waals surface area contributed by atoms with E-state index in [0.717, 1.165) is 16.3 Å². The topological polar surface area (TPSA) is 65.4 Å². The molecular formula is C16H18F3N3O3. The van der Waals surface area contributed by atoms with Crippen molar-refractivity contribution in [3.8, 4) is 11.5 Å². The highest BCUT2D eigenvalue weighted by atomic mass is 19.4. The number of halogens is 3. The van der Waals surface area contributed by atoms with Gasteiger partial charge in [-0.25, -0.2) is 0 Å². The minimum Gasteiger partial charge on any atom is -0.493 e. The number of amides is 1. The number of hydrogen-bond acceptors (Lipinski definition) is 4. The van der Waals surface area contributed by atoms with Gasteiger partial charge in [-0.1, -0.05) is 6.07 Å². The smallest absolute Gasteiger partial charge is 0.435 e. The lowest BCUT2D eigenvalue weighted by Gasteiger charge is -2.10. The maximum absolute atomic E-state index is 12.4. The second-order valence-corrected chi connectivity index (χ2v) is 5.18. The van der Waals surface area contributed by atoms with E-state index in [1.54, 1.807) is 18.2 Å². The number of aromatic nitrogens is 2. The zero-order valence-electron chi connectivity index (χ0n) is 13.8. The summed E-state index contributed by atoms with van der Waals surface area (Å²) in [5.74, 6) is 0.824. The van der Waals surface area contributed by atoms with Crippen molar-refractivity contribution < 1.29 is 27.4 Å². The van der Waals surface area contributed by atoms with Gasteiger partial charge in [0.2, 0.25) is 5.91 Å². The summed E-state index contributed by atoms with van der Waals surface area (Å²) in [4.78, 5) is 11.9. The highest BCUT2D eigenvalue weighted by Gasteiger charge is 2.33. The van der Waals surface area contributed by atoms with Crippen LogP contribution in [-0.4, -0.2) is 36.5 Å². The number of carbonyl (C=O) groups is 1. The number of carbonyl (C=O) groups excluding carboxylic acids is 1. The van der Waals surface area contributed by atoms with Gasteiger partial charge in [0, 0.05) is 12.7 Å². The van der Waals surface area contributed by atoms with Crippen LogP contribution in [0, 0.1) is 0 Å². The molecule has 1 aromatic carbocycles. The molecular weight excluding hydrogens is 339 g/mol. The summed E-state index contributed by atoms with van der Waals surface area (Å²) in [5.41, 5.74) is -0.224. The van der Waals surface area contributed by atoms with Crippen LogP contribution in [0.1, 0.15) is 11.3 Å². The van der Waals surface area contributed by atoms with Crippen LogP contribution in [-0.2, 0) is 23.9 Å². The van der Waals surface area contributed by atoms with E-state index in [2.05, 4.69) is 10.4 Å². The third-order valence-corrected chi connectivity index (χ3v) is 3.41. The summed E-state index contributed by atoms with van der Waals surface area (Å²) < 4.78 is 48.8. The Hall–Kier alpha value is -2.71. The van der Waals surface area contributed by atoms with E-state index < -0.39 is 11.9 Å². The predicted octanol–water partition coefficient (Wildman–Crippen LogP) is 2.28. The Kier molecular flexibility index (Phi) is 5.89. The summed E-state index contributed by atoms with van der Waals surface area (Å²) >= 11 is 0. The number of hydrogen-bond donors (Lipinski definition) is 1. The molecule has 0 spiro atoms. The van der Waals surface area contributed by atoms with E-state index in [9.17, 15) is 18.0 Å². The number of methoxy groups -OCH3 is 2. The average Bonchev–Trinajstić information content (AvgIpc) is 3.04. The Bertz CT molecular complexity index is 729. The minimum absolute atomic E-state index is 0.118. The second-order valence-electron chi connectivity index (χ2n) is 5.18. The van der Waals surface area contributed by atoms with Gasteiger partial charge in [0.1, 0.15) is 0 Å². The lowest BCUT2D eigenvalue weighted by Crippen LogP contribution is -2.28. The Balaban J connectivity index is 1.84. The van der Waals surface area contributed by atoms with Crippen LogP contribution in [0.25, 0.3) is 0 Å². The summed E-state index contributed by atoms with van der Waals surface area (Å²) in [6.45, 7) is 0.318. The predicted molar refractivity (Wildman–Crippen MR) is 83.5 cm³/mol. The van der Waals surface area contributed by atoms with Gasteiger partial charge < -0.3 is 14.8 Å². The fourth-order valence-electron chi connectivity index (χ4n) is 2.19. The third-order valence-electron chi connectivity index (χ3n) is 3.41. The largest absolute Gasteiger partial charge is 0.493 e. The molecule has 0 fully saturated rings. The maximum Gasteiger partial charge on any atom is 0.435 e. The number of benzene rings is 1. The van der Waals surface area contributed by atoms with Crippen molar-refractivity contribution in [2.75, 3.05) is 20.8 Å². The van der Waals surface area contributed by atoms with Gasteiger partial charge in [-0.3, -0.25) is 9.48 Å². The number of nitrogens with zero attached hydrogens (tertiary/aromatic N) is 2. The molecule has 1 amide bonds. The molecule has 25 heavy (non-hydrogen) atoms. The van der Waals surface area contributed by atoms with Gasteiger partial charge in [0.15, 0.2) is 17.2 Å². The van der Waals surface area contributed by atoms with Crippen LogP contribution >= 0.6 is 0 Å².